The van der Waals surface area contributed by atoms with E-state index in [0.717, 1.165) is 20.8 Å². The number of hydrogen-bond acceptors (Lipinski definition) is 8. The largest absolute Gasteiger partial charge is 0.420 e. The number of rotatable bonds is 7. The van der Waals surface area contributed by atoms with Crippen LogP contribution in [0.25, 0.3) is 32.1 Å². The average molecular weight is 479 g/mol. The number of thioether (sulfide) groups is 1. The number of thiophene rings is 2. The molecule has 0 amide bonds. The molecule has 4 heterocycles. The fourth-order valence-corrected chi connectivity index (χ4v) is 5.92. The van der Waals surface area contributed by atoms with Gasteiger partial charge in [-0.15, -0.1) is 39.4 Å². The SMILES string of the molecule is C=CCn1c(SCc2nnc(-c3ccc(C)cc3)o2)nc2scc(-c3cccs3)c2c1=O. The smallest absolute Gasteiger partial charge is 0.263 e. The first-order valence-electron chi connectivity index (χ1n) is 9.83. The highest BCUT2D eigenvalue weighted by molar-refractivity contribution is 7.98. The molecule has 0 aliphatic rings. The summed E-state index contributed by atoms with van der Waals surface area (Å²) in [4.78, 5) is 19.9. The van der Waals surface area contributed by atoms with Gasteiger partial charge in [0.2, 0.25) is 11.8 Å². The molecule has 9 heteroatoms. The summed E-state index contributed by atoms with van der Waals surface area (Å²) < 4.78 is 7.48. The van der Waals surface area contributed by atoms with Gasteiger partial charge >= 0.3 is 0 Å². The zero-order valence-electron chi connectivity index (χ0n) is 17.1. The molecule has 0 saturated heterocycles. The van der Waals surface area contributed by atoms with Crippen LogP contribution in [0.5, 0.6) is 0 Å². The maximum atomic E-state index is 13.4. The summed E-state index contributed by atoms with van der Waals surface area (Å²) in [5.74, 6) is 1.37. The van der Waals surface area contributed by atoms with Crippen molar-refractivity contribution < 1.29 is 4.42 Å². The summed E-state index contributed by atoms with van der Waals surface area (Å²) in [6.45, 7) is 6.21. The summed E-state index contributed by atoms with van der Waals surface area (Å²) >= 11 is 4.50. The Labute approximate surface area is 196 Å². The molecular weight excluding hydrogens is 460 g/mol. The van der Waals surface area contributed by atoms with E-state index >= 15 is 0 Å². The standard InChI is InChI=1S/C23H18N4O2S3/c1-3-10-27-22(28)19-16(17-5-4-11-30-17)12-31-21(19)24-23(27)32-13-18-25-26-20(29-18)15-8-6-14(2)7-9-15/h3-9,11-12H,1,10,13H2,2H3. The molecule has 0 unspecified atom stereocenters. The van der Waals surface area contributed by atoms with Crippen molar-refractivity contribution in [1.29, 1.82) is 0 Å². The lowest BCUT2D eigenvalue weighted by Crippen LogP contribution is -2.22. The van der Waals surface area contributed by atoms with Gasteiger partial charge in [-0.2, -0.15) is 0 Å². The van der Waals surface area contributed by atoms with Crippen molar-refractivity contribution in [1.82, 2.24) is 19.7 Å². The van der Waals surface area contributed by atoms with Crippen LogP contribution in [-0.4, -0.2) is 19.7 Å². The van der Waals surface area contributed by atoms with Crippen LogP contribution in [0, 0.1) is 6.92 Å². The van der Waals surface area contributed by atoms with E-state index in [4.69, 9.17) is 9.40 Å². The minimum atomic E-state index is -0.0621. The Bertz CT molecular complexity index is 1450. The third-order valence-corrected chi connectivity index (χ3v) is 7.58. The van der Waals surface area contributed by atoms with Gasteiger partial charge in [-0.05, 0) is 30.5 Å². The van der Waals surface area contributed by atoms with Crippen molar-refractivity contribution in [2.24, 2.45) is 0 Å². The number of aryl methyl sites for hydroxylation is 1. The molecule has 0 aliphatic carbocycles. The summed E-state index contributed by atoms with van der Waals surface area (Å²) in [6, 6.07) is 11.9. The van der Waals surface area contributed by atoms with E-state index in [2.05, 4.69) is 16.8 Å². The molecule has 1 aromatic carbocycles. The van der Waals surface area contributed by atoms with Crippen molar-refractivity contribution in [3.8, 4) is 21.9 Å². The van der Waals surface area contributed by atoms with Crippen molar-refractivity contribution in [2.75, 3.05) is 0 Å². The summed E-state index contributed by atoms with van der Waals surface area (Å²) in [5, 5.41) is 13.6. The number of nitrogens with zero attached hydrogens (tertiary/aromatic N) is 4. The van der Waals surface area contributed by atoms with Crippen molar-refractivity contribution in [2.45, 2.75) is 24.4 Å². The van der Waals surface area contributed by atoms with Gasteiger partial charge in [0.05, 0.1) is 11.1 Å². The van der Waals surface area contributed by atoms with Crippen LogP contribution in [0.2, 0.25) is 0 Å². The molecular formula is C23H18N4O2S3. The zero-order valence-corrected chi connectivity index (χ0v) is 19.6. The van der Waals surface area contributed by atoms with Crippen molar-refractivity contribution >= 4 is 44.7 Å². The molecule has 0 fully saturated rings. The quantitative estimate of drug-likeness (QED) is 0.162. The number of fused-ring (bicyclic) bond motifs is 1. The lowest BCUT2D eigenvalue weighted by Gasteiger charge is -2.09. The molecule has 0 spiro atoms. The first-order chi connectivity index (χ1) is 15.6. The summed E-state index contributed by atoms with van der Waals surface area (Å²) in [5.41, 5.74) is 2.92. The Morgan fingerprint density at radius 3 is 2.78 bits per heavy atom. The van der Waals surface area contributed by atoms with E-state index < -0.39 is 0 Å². The van der Waals surface area contributed by atoms with Crippen LogP contribution >= 0.6 is 34.4 Å². The van der Waals surface area contributed by atoms with Crippen LogP contribution in [-0.2, 0) is 12.3 Å². The predicted octanol–water partition coefficient (Wildman–Crippen LogP) is 6.02. The lowest BCUT2D eigenvalue weighted by atomic mass is 10.1. The van der Waals surface area contributed by atoms with Gasteiger partial charge in [0.15, 0.2) is 5.16 Å². The zero-order chi connectivity index (χ0) is 22.1. The maximum absolute atomic E-state index is 13.4. The molecule has 4 aromatic heterocycles. The third kappa shape index (κ3) is 3.94. The van der Waals surface area contributed by atoms with Gasteiger partial charge in [0.1, 0.15) is 4.83 Å². The van der Waals surface area contributed by atoms with Gasteiger partial charge in [-0.3, -0.25) is 9.36 Å². The van der Waals surface area contributed by atoms with E-state index in [1.807, 2.05) is 54.1 Å². The number of benzene rings is 1. The number of allylic oxidation sites excluding steroid dienone is 1. The topological polar surface area (TPSA) is 73.8 Å². The minimum absolute atomic E-state index is 0.0621. The Morgan fingerprint density at radius 1 is 1.19 bits per heavy atom. The van der Waals surface area contributed by atoms with Crippen LogP contribution in [0.15, 0.2) is 74.2 Å². The van der Waals surface area contributed by atoms with Gasteiger partial charge in [-0.25, -0.2) is 4.98 Å². The monoisotopic (exact) mass is 478 g/mol. The Morgan fingerprint density at radius 2 is 2.03 bits per heavy atom. The normalized spacial score (nSPS) is 11.3. The highest BCUT2D eigenvalue weighted by Gasteiger charge is 2.18. The van der Waals surface area contributed by atoms with Crippen LogP contribution in [0.1, 0.15) is 11.5 Å². The van der Waals surface area contributed by atoms with Gasteiger partial charge in [0.25, 0.3) is 5.56 Å². The molecule has 6 nitrogen and oxygen atoms in total. The number of aromatic nitrogens is 4. The summed E-state index contributed by atoms with van der Waals surface area (Å²) in [7, 11) is 0. The van der Waals surface area contributed by atoms with Gasteiger partial charge in [-0.1, -0.05) is 41.6 Å². The molecule has 0 N–H and O–H groups in total. The molecule has 32 heavy (non-hydrogen) atoms. The van der Waals surface area contributed by atoms with Crippen molar-refractivity contribution in [3.63, 3.8) is 0 Å². The van der Waals surface area contributed by atoms with E-state index in [1.54, 1.807) is 22.0 Å². The minimum Gasteiger partial charge on any atom is -0.420 e. The highest BCUT2D eigenvalue weighted by atomic mass is 32.2. The summed E-state index contributed by atoms with van der Waals surface area (Å²) in [6.07, 6.45) is 1.71. The first-order valence-corrected chi connectivity index (χ1v) is 12.6. The fraction of sp³-hybridized carbons (Fsp3) is 0.130. The first kappa shape index (κ1) is 20.9. The molecule has 0 aliphatic heterocycles. The number of hydrogen-bond donors (Lipinski definition) is 0. The van der Waals surface area contributed by atoms with E-state index in [1.165, 1.54) is 28.7 Å². The molecule has 160 valence electrons. The van der Waals surface area contributed by atoms with E-state index in [9.17, 15) is 4.79 Å². The Hall–Kier alpha value is -3.01. The van der Waals surface area contributed by atoms with Crippen LogP contribution < -0.4 is 5.56 Å². The lowest BCUT2D eigenvalue weighted by molar-refractivity contribution is 0.528. The second-order valence-electron chi connectivity index (χ2n) is 7.06. The predicted molar refractivity (Wildman–Crippen MR) is 131 cm³/mol. The van der Waals surface area contributed by atoms with Gasteiger partial charge < -0.3 is 4.42 Å². The van der Waals surface area contributed by atoms with Crippen LogP contribution in [0.3, 0.4) is 0 Å². The van der Waals surface area contributed by atoms with Crippen LogP contribution in [0.4, 0.5) is 0 Å². The van der Waals surface area contributed by atoms with E-state index in [-0.39, 0.29) is 5.56 Å². The highest BCUT2D eigenvalue weighted by Crippen LogP contribution is 2.35. The third-order valence-electron chi connectivity index (χ3n) is 4.85. The second-order valence-corrected chi connectivity index (χ2v) is 9.81. The average Bonchev–Trinajstić information content (AvgIpc) is 3.55. The Balaban J connectivity index is 1.45. The Kier molecular flexibility index (Phi) is 5.77. The van der Waals surface area contributed by atoms with Crippen molar-refractivity contribution in [3.05, 3.63) is 81.6 Å². The molecule has 0 saturated carbocycles. The molecule has 0 radical (unpaired) electrons. The fourth-order valence-electron chi connectivity index (χ4n) is 3.27. The second kappa shape index (κ2) is 8.85. The molecule has 0 bridgehead atoms. The molecule has 0 atom stereocenters. The van der Waals surface area contributed by atoms with E-state index in [0.29, 0.717) is 34.6 Å². The molecule has 5 aromatic rings. The maximum Gasteiger partial charge on any atom is 0.263 e. The van der Waals surface area contributed by atoms with Gasteiger partial charge in [0, 0.05) is 27.9 Å². The molecule has 5 rings (SSSR count).